The Morgan fingerprint density at radius 3 is 3.10 bits per heavy atom. The van der Waals surface area contributed by atoms with Crippen LogP contribution in [0.2, 0.25) is 0 Å². The molecule has 106 valence electrons. The van der Waals surface area contributed by atoms with Gasteiger partial charge in [0.1, 0.15) is 5.75 Å². The second kappa shape index (κ2) is 5.67. The van der Waals surface area contributed by atoms with Crippen LogP contribution < -0.4 is 10.1 Å². The van der Waals surface area contributed by atoms with Gasteiger partial charge in [0.2, 0.25) is 0 Å². The van der Waals surface area contributed by atoms with Gasteiger partial charge in [0, 0.05) is 12.6 Å². The molecule has 0 fully saturated rings. The van der Waals surface area contributed by atoms with Crippen molar-refractivity contribution in [1.82, 2.24) is 14.9 Å². The number of benzene rings is 1. The summed E-state index contributed by atoms with van der Waals surface area (Å²) in [4.78, 5) is 4.24. The molecule has 1 unspecified atom stereocenters. The maximum absolute atomic E-state index is 5.95. The summed E-state index contributed by atoms with van der Waals surface area (Å²) in [5.41, 5.74) is 3.70. The van der Waals surface area contributed by atoms with Crippen LogP contribution in [0.3, 0.4) is 0 Å². The maximum Gasteiger partial charge on any atom is 0.127 e. The Bertz CT molecular complexity index is 591. The highest BCUT2D eigenvalue weighted by Crippen LogP contribution is 2.35. The van der Waals surface area contributed by atoms with Gasteiger partial charge >= 0.3 is 0 Å². The minimum absolute atomic E-state index is 0.126. The van der Waals surface area contributed by atoms with Crippen LogP contribution >= 0.6 is 0 Å². The fourth-order valence-corrected chi connectivity index (χ4v) is 2.87. The van der Waals surface area contributed by atoms with Gasteiger partial charge in [-0.1, -0.05) is 25.1 Å². The van der Waals surface area contributed by atoms with Crippen LogP contribution in [0.1, 0.15) is 36.2 Å². The number of para-hydroxylation sites is 1. The fraction of sp³-hybridized carbons (Fsp3) is 0.438. The van der Waals surface area contributed by atoms with Gasteiger partial charge in [-0.2, -0.15) is 0 Å². The first-order chi connectivity index (χ1) is 9.81. The Labute approximate surface area is 119 Å². The van der Waals surface area contributed by atoms with Crippen LogP contribution in [-0.4, -0.2) is 22.7 Å². The lowest BCUT2D eigenvalue weighted by molar-refractivity contribution is 0.283. The molecule has 1 aromatic heterocycles. The standard InChI is InChI=1S/C16H21N3O/c1-3-18-15(14-10-17-11-19(14)2)13-8-4-6-12-7-5-9-20-16(12)13/h4,6,8,10-11,15,18H,3,5,7,9H2,1-2H3. The first kappa shape index (κ1) is 13.2. The molecule has 0 radical (unpaired) electrons. The predicted octanol–water partition coefficient (Wildman–Crippen LogP) is 2.44. The number of ether oxygens (including phenoxy) is 1. The van der Waals surface area contributed by atoms with Crippen molar-refractivity contribution in [3.8, 4) is 5.75 Å². The van der Waals surface area contributed by atoms with Gasteiger partial charge in [-0.15, -0.1) is 0 Å². The molecule has 0 bridgehead atoms. The Kier molecular flexibility index (Phi) is 3.74. The average Bonchev–Trinajstić information content (AvgIpc) is 2.90. The molecule has 2 heterocycles. The second-order valence-corrected chi connectivity index (χ2v) is 5.21. The topological polar surface area (TPSA) is 39.1 Å². The van der Waals surface area contributed by atoms with Crippen LogP contribution in [0.25, 0.3) is 0 Å². The minimum atomic E-state index is 0.126. The van der Waals surface area contributed by atoms with Crippen LogP contribution in [0.5, 0.6) is 5.75 Å². The molecular weight excluding hydrogens is 250 g/mol. The van der Waals surface area contributed by atoms with E-state index in [1.807, 2.05) is 19.6 Å². The molecule has 1 aliphatic heterocycles. The number of imidazole rings is 1. The summed E-state index contributed by atoms with van der Waals surface area (Å²) in [6.07, 6.45) is 5.98. The predicted molar refractivity (Wildman–Crippen MR) is 79.0 cm³/mol. The summed E-state index contributed by atoms with van der Waals surface area (Å²) >= 11 is 0. The van der Waals surface area contributed by atoms with E-state index < -0.39 is 0 Å². The molecule has 0 aliphatic carbocycles. The summed E-state index contributed by atoms with van der Waals surface area (Å²) < 4.78 is 8.02. The monoisotopic (exact) mass is 271 g/mol. The quantitative estimate of drug-likeness (QED) is 0.928. The van der Waals surface area contributed by atoms with Crippen molar-refractivity contribution in [2.24, 2.45) is 7.05 Å². The molecule has 1 atom stereocenters. The molecule has 1 aromatic carbocycles. The molecule has 0 spiro atoms. The number of nitrogens with one attached hydrogen (secondary N) is 1. The lowest BCUT2D eigenvalue weighted by atomic mass is 9.96. The molecule has 2 aromatic rings. The van der Waals surface area contributed by atoms with Gasteiger partial charge in [-0.25, -0.2) is 4.98 Å². The van der Waals surface area contributed by atoms with E-state index in [1.165, 1.54) is 11.1 Å². The number of aryl methyl sites for hydroxylation is 2. The van der Waals surface area contributed by atoms with Crippen molar-refractivity contribution in [3.63, 3.8) is 0 Å². The lowest BCUT2D eigenvalue weighted by Crippen LogP contribution is -2.25. The summed E-state index contributed by atoms with van der Waals surface area (Å²) in [6.45, 7) is 3.84. The SMILES string of the molecule is CCNC(c1cccc2c1OCCC2)c1cncn1C. The van der Waals surface area contributed by atoms with Crippen molar-refractivity contribution >= 4 is 0 Å². The van der Waals surface area contributed by atoms with E-state index >= 15 is 0 Å². The summed E-state index contributed by atoms with van der Waals surface area (Å²) in [5, 5.41) is 3.55. The van der Waals surface area contributed by atoms with Gasteiger partial charge in [0.05, 0.1) is 30.9 Å². The lowest BCUT2D eigenvalue weighted by Gasteiger charge is -2.26. The van der Waals surface area contributed by atoms with Crippen molar-refractivity contribution in [2.75, 3.05) is 13.2 Å². The molecule has 0 saturated carbocycles. The Morgan fingerprint density at radius 2 is 2.35 bits per heavy atom. The average molecular weight is 271 g/mol. The van der Waals surface area contributed by atoms with Crippen molar-refractivity contribution in [3.05, 3.63) is 47.5 Å². The smallest absolute Gasteiger partial charge is 0.127 e. The number of hydrogen-bond acceptors (Lipinski definition) is 3. The first-order valence-corrected chi connectivity index (χ1v) is 7.25. The molecule has 0 amide bonds. The second-order valence-electron chi connectivity index (χ2n) is 5.21. The largest absolute Gasteiger partial charge is 0.493 e. The summed E-state index contributed by atoms with van der Waals surface area (Å²) in [7, 11) is 2.03. The van der Waals surface area contributed by atoms with Gasteiger partial charge in [0.25, 0.3) is 0 Å². The van der Waals surface area contributed by atoms with E-state index in [0.717, 1.165) is 37.4 Å². The van der Waals surface area contributed by atoms with Crippen LogP contribution in [0, 0.1) is 0 Å². The molecule has 0 saturated heterocycles. The van der Waals surface area contributed by atoms with Crippen LogP contribution in [0.4, 0.5) is 0 Å². The molecule has 1 N–H and O–H groups in total. The third kappa shape index (κ3) is 2.31. The number of aromatic nitrogens is 2. The number of nitrogens with zero attached hydrogens (tertiary/aromatic N) is 2. The number of rotatable bonds is 4. The molecule has 3 rings (SSSR count). The van der Waals surface area contributed by atoms with Gasteiger partial charge in [-0.3, -0.25) is 0 Å². The molecule has 4 nitrogen and oxygen atoms in total. The van der Waals surface area contributed by atoms with Crippen molar-refractivity contribution in [1.29, 1.82) is 0 Å². The van der Waals surface area contributed by atoms with E-state index in [2.05, 4.69) is 40.0 Å². The molecular formula is C16H21N3O. The van der Waals surface area contributed by atoms with E-state index in [4.69, 9.17) is 4.74 Å². The molecule has 20 heavy (non-hydrogen) atoms. The third-order valence-electron chi connectivity index (χ3n) is 3.83. The molecule has 1 aliphatic rings. The third-order valence-corrected chi connectivity index (χ3v) is 3.83. The van der Waals surface area contributed by atoms with Gasteiger partial charge in [-0.05, 0) is 24.9 Å². The zero-order valence-corrected chi connectivity index (χ0v) is 12.1. The summed E-state index contributed by atoms with van der Waals surface area (Å²) in [6, 6.07) is 6.58. The van der Waals surface area contributed by atoms with E-state index in [-0.39, 0.29) is 6.04 Å². The minimum Gasteiger partial charge on any atom is -0.493 e. The number of fused-ring (bicyclic) bond motifs is 1. The highest BCUT2D eigenvalue weighted by molar-refractivity contribution is 5.46. The van der Waals surface area contributed by atoms with Crippen LogP contribution in [-0.2, 0) is 13.5 Å². The Balaban J connectivity index is 2.06. The van der Waals surface area contributed by atoms with Crippen molar-refractivity contribution in [2.45, 2.75) is 25.8 Å². The van der Waals surface area contributed by atoms with Crippen molar-refractivity contribution < 1.29 is 4.74 Å². The zero-order chi connectivity index (χ0) is 13.9. The maximum atomic E-state index is 5.95. The fourth-order valence-electron chi connectivity index (χ4n) is 2.87. The van der Waals surface area contributed by atoms with E-state index in [0.29, 0.717) is 0 Å². The van der Waals surface area contributed by atoms with E-state index in [9.17, 15) is 0 Å². The highest BCUT2D eigenvalue weighted by Gasteiger charge is 2.23. The Hall–Kier alpha value is -1.81. The van der Waals surface area contributed by atoms with E-state index in [1.54, 1.807) is 0 Å². The zero-order valence-electron chi connectivity index (χ0n) is 12.1. The number of hydrogen-bond donors (Lipinski definition) is 1. The van der Waals surface area contributed by atoms with Crippen LogP contribution in [0.15, 0.2) is 30.7 Å². The first-order valence-electron chi connectivity index (χ1n) is 7.25. The highest BCUT2D eigenvalue weighted by atomic mass is 16.5. The van der Waals surface area contributed by atoms with Gasteiger partial charge < -0.3 is 14.6 Å². The normalized spacial score (nSPS) is 15.5. The summed E-state index contributed by atoms with van der Waals surface area (Å²) in [5.74, 6) is 1.06. The van der Waals surface area contributed by atoms with Gasteiger partial charge in [0.15, 0.2) is 0 Å². The Morgan fingerprint density at radius 1 is 1.45 bits per heavy atom. The molecule has 4 heteroatoms.